The summed E-state index contributed by atoms with van der Waals surface area (Å²) >= 11 is 0. The summed E-state index contributed by atoms with van der Waals surface area (Å²) in [6, 6.07) is 0. The van der Waals surface area contributed by atoms with E-state index >= 15 is 0 Å². The number of hydrogen-bond donors (Lipinski definition) is 3. The lowest BCUT2D eigenvalue weighted by atomic mass is 9.63. The zero-order chi connectivity index (χ0) is 23.6. The summed E-state index contributed by atoms with van der Waals surface area (Å²) in [7, 11) is 1.00. The molecule has 0 heterocycles. The fourth-order valence-corrected chi connectivity index (χ4v) is 6.22. The van der Waals surface area contributed by atoms with E-state index in [9.17, 15) is 10.2 Å². The van der Waals surface area contributed by atoms with Crippen LogP contribution in [0.1, 0.15) is 97.8 Å². The predicted octanol–water partition coefficient (Wildman–Crippen LogP) is 6.65. The Balaban J connectivity index is 0.00000176. The van der Waals surface area contributed by atoms with E-state index in [1.807, 2.05) is 26.0 Å². The number of aliphatic hydroxyl groups excluding tert-OH is 2. The van der Waals surface area contributed by atoms with E-state index in [4.69, 9.17) is 5.11 Å². The molecular weight excluding hydrogens is 396 g/mol. The molecule has 3 fully saturated rings. The van der Waals surface area contributed by atoms with Gasteiger partial charge >= 0.3 is 0 Å². The van der Waals surface area contributed by atoms with E-state index < -0.39 is 5.60 Å². The van der Waals surface area contributed by atoms with Crippen molar-refractivity contribution < 1.29 is 15.3 Å². The molecule has 3 heteroatoms. The lowest BCUT2D eigenvalue weighted by Gasteiger charge is -2.42. The molecule has 182 valence electrons. The zero-order valence-corrected chi connectivity index (χ0v) is 21.0. The van der Waals surface area contributed by atoms with Crippen LogP contribution in [0, 0.1) is 17.3 Å². The van der Waals surface area contributed by atoms with Crippen LogP contribution in [0.4, 0.5) is 0 Å². The van der Waals surface area contributed by atoms with E-state index in [1.165, 1.54) is 37.7 Å². The van der Waals surface area contributed by atoms with Crippen molar-refractivity contribution in [3.8, 4) is 0 Å². The van der Waals surface area contributed by atoms with Gasteiger partial charge in [0.25, 0.3) is 0 Å². The van der Waals surface area contributed by atoms with Crippen LogP contribution in [-0.2, 0) is 0 Å². The third-order valence-electron chi connectivity index (χ3n) is 8.53. The minimum absolute atomic E-state index is 0.123. The molecule has 0 aliphatic heterocycles. The van der Waals surface area contributed by atoms with Crippen LogP contribution < -0.4 is 0 Å². The molecule has 0 bridgehead atoms. The molecule has 0 spiro atoms. The average molecular weight is 445 g/mol. The van der Waals surface area contributed by atoms with Crippen molar-refractivity contribution >= 4 is 0 Å². The smallest absolute Gasteiger partial charge is 0.0825 e. The molecule has 0 amide bonds. The fourth-order valence-electron chi connectivity index (χ4n) is 6.22. The van der Waals surface area contributed by atoms with E-state index in [0.29, 0.717) is 5.41 Å². The van der Waals surface area contributed by atoms with Gasteiger partial charge in [0, 0.05) is 7.11 Å². The first-order chi connectivity index (χ1) is 15.4. The molecule has 3 aliphatic carbocycles. The van der Waals surface area contributed by atoms with Crippen molar-refractivity contribution in [3.63, 3.8) is 0 Å². The topological polar surface area (TPSA) is 60.7 Å². The van der Waals surface area contributed by atoms with Crippen LogP contribution in [0.2, 0.25) is 0 Å². The summed E-state index contributed by atoms with van der Waals surface area (Å²) < 4.78 is 0. The Labute approximate surface area is 197 Å². The van der Waals surface area contributed by atoms with Crippen molar-refractivity contribution in [3.05, 3.63) is 47.6 Å². The second-order valence-electron chi connectivity index (χ2n) is 10.3. The monoisotopic (exact) mass is 444 g/mol. The van der Waals surface area contributed by atoms with Crippen LogP contribution in [0.3, 0.4) is 0 Å². The molecular formula is C29H48O3. The summed E-state index contributed by atoms with van der Waals surface area (Å²) in [5.74, 6) is 1.49. The van der Waals surface area contributed by atoms with Gasteiger partial charge in [-0.15, -0.1) is 0 Å². The van der Waals surface area contributed by atoms with Gasteiger partial charge in [-0.05, 0) is 94.3 Å². The Morgan fingerprint density at radius 3 is 2.44 bits per heavy atom. The normalized spacial score (nSPS) is 33.7. The van der Waals surface area contributed by atoms with Crippen molar-refractivity contribution in [1.29, 1.82) is 0 Å². The van der Waals surface area contributed by atoms with E-state index in [-0.39, 0.29) is 6.10 Å². The van der Waals surface area contributed by atoms with E-state index in [0.717, 1.165) is 63.9 Å². The number of allylic oxidation sites excluding steroid dienone is 6. The molecule has 0 aromatic rings. The van der Waals surface area contributed by atoms with Gasteiger partial charge in [0.05, 0.1) is 11.7 Å². The Hall–Kier alpha value is -1.16. The summed E-state index contributed by atoms with van der Waals surface area (Å²) in [6.07, 6.45) is 26.5. The van der Waals surface area contributed by atoms with Crippen molar-refractivity contribution in [2.24, 2.45) is 17.3 Å². The highest BCUT2D eigenvalue weighted by Crippen LogP contribution is 2.58. The molecule has 32 heavy (non-hydrogen) atoms. The maximum atomic E-state index is 10.4. The maximum absolute atomic E-state index is 10.4. The molecule has 3 nitrogen and oxygen atoms in total. The highest BCUT2D eigenvalue weighted by molar-refractivity contribution is 5.26. The highest BCUT2D eigenvalue weighted by Gasteiger charge is 2.48. The third kappa shape index (κ3) is 6.92. The first kappa shape index (κ1) is 27.1. The van der Waals surface area contributed by atoms with Gasteiger partial charge in [-0.1, -0.05) is 68.4 Å². The standard InChI is InChI=1S/C28H44O2.CH4O/c1-4-28(30,5-2)20-8-6-7-13-24-17-18-26-23(12-10-19-27(24,26)3)16-15-22-11-9-14-25(29)21-22;1-2/h6-8,15-16,20,24-26,29-30H,4-5,9-14,17-19,21H2,1-3H3;2H,1H3/b7-6+,20-8+,22-15-,23-16+;. The van der Waals surface area contributed by atoms with Gasteiger partial charge in [0.1, 0.15) is 0 Å². The van der Waals surface area contributed by atoms with Crippen LogP contribution in [-0.4, -0.2) is 34.1 Å². The molecule has 3 rings (SSSR count). The van der Waals surface area contributed by atoms with Crippen molar-refractivity contribution in [1.82, 2.24) is 0 Å². The first-order valence-corrected chi connectivity index (χ1v) is 13.0. The van der Waals surface area contributed by atoms with E-state index in [2.05, 4.69) is 31.2 Å². The fraction of sp³-hybridized carbons (Fsp3) is 0.724. The number of rotatable bonds is 7. The number of fused-ring (bicyclic) bond motifs is 1. The van der Waals surface area contributed by atoms with Gasteiger partial charge in [-0.25, -0.2) is 0 Å². The summed E-state index contributed by atoms with van der Waals surface area (Å²) in [4.78, 5) is 0. The Morgan fingerprint density at radius 2 is 1.75 bits per heavy atom. The maximum Gasteiger partial charge on any atom is 0.0825 e. The van der Waals surface area contributed by atoms with Crippen molar-refractivity contribution in [2.75, 3.05) is 7.11 Å². The molecule has 3 aliphatic rings. The molecule has 0 radical (unpaired) electrons. The number of aliphatic hydroxyl groups is 3. The van der Waals surface area contributed by atoms with E-state index in [1.54, 1.807) is 5.57 Å². The Kier molecular flexibility index (Phi) is 10.9. The van der Waals surface area contributed by atoms with Crippen molar-refractivity contribution in [2.45, 2.75) is 110 Å². The molecule has 0 aromatic heterocycles. The lowest BCUT2D eigenvalue weighted by molar-refractivity contribution is 0.0828. The lowest BCUT2D eigenvalue weighted by Crippen LogP contribution is -2.33. The quantitative estimate of drug-likeness (QED) is 0.385. The SMILES string of the molecule is CCC(O)(/C=C/C=C/CC1CCC2/C(=C/C=C3/CCCC(O)C3)CCCC12C)CC.CO. The van der Waals surface area contributed by atoms with Crippen LogP contribution >= 0.6 is 0 Å². The zero-order valence-electron chi connectivity index (χ0n) is 21.0. The van der Waals surface area contributed by atoms with Crippen LogP contribution in [0.15, 0.2) is 47.6 Å². The van der Waals surface area contributed by atoms with Gasteiger partial charge < -0.3 is 15.3 Å². The molecule has 3 saturated carbocycles. The Bertz CT molecular complexity index is 683. The highest BCUT2D eigenvalue weighted by atomic mass is 16.3. The van der Waals surface area contributed by atoms with Gasteiger partial charge in [-0.3, -0.25) is 0 Å². The third-order valence-corrected chi connectivity index (χ3v) is 8.53. The second kappa shape index (κ2) is 12.9. The number of hydrogen-bond acceptors (Lipinski definition) is 3. The van der Waals surface area contributed by atoms with Crippen LogP contribution in [0.5, 0.6) is 0 Å². The minimum Gasteiger partial charge on any atom is -0.400 e. The molecule has 4 atom stereocenters. The largest absolute Gasteiger partial charge is 0.400 e. The summed E-state index contributed by atoms with van der Waals surface area (Å²) in [6.45, 7) is 6.62. The summed E-state index contributed by atoms with van der Waals surface area (Å²) in [5, 5.41) is 27.3. The molecule has 4 unspecified atom stereocenters. The molecule has 3 N–H and O–H groups in total. The van der Waals surface area contributed by atoms with Gasteiger partial charge in [-0.2, -0.15) is 0 Å². The Morgan fingerprint density at radius 1 is 1.00 bits per heavy atom. The minimum atomic E-state index is -0.652. The summed E-state index contributed by atoms with van der Waals surface area (Å²) in [5.41, 5.74) is 2.88. The van der Waals surface area contributed by atoms with Gasteiger partial charge in [0.2, 0.25) is 0 Å². The predicted molar refractivity (Wildman–Crippen MR) is 135 cm³/mol. The molecule has 0 saturated heterocycles. The first-order valence-electron chi connectivity index (χ1n) is 13.0. The molecule has 0 aromatic carbocycles. The van der Waals surface area contributed by atoms with Crippen LogP contribution in [0.25, 0.3) is 0 Å². The van der Waals surface area contributed by atoms with Gasteiger partial charge in [0.15, 0.2) is 0 Å². The average Bonchev–Trinajstić information content (AvgIpc) is 3.15. The second-order valence-corrected chi connectivity index (χ2v) is 10.3.